The monoisotopic (exact) mass is 1230 g/mol. The Hall–Kier alpha value is -7.88. The predicted octanol–water partition coefficient (Wildman–Crippen LogP) is 3.15. The van der Waals surface area contributed by atoms with E-state index in [4.69, 9.17) is 25.4 Å². The predicted molar refractivity (Wildman–Crippen MR) is 313 cm³/mol. The Labute approximate surface area is 506 Å². The second kappa shape index (κ2) is 44.6. The number of Topliss-reactive ketones (excluding diaryl/α,β-unsaturated/α-hetero) is 3. The molecule has 1 aliphatic carbocycles. The first-order chi connectivity index (χ1) is 41.3. The van der Waals surface area contributed by atoms with Gasteiger partial charge in [0, 0.05) is 121 Å². The van der Waals surface area contributed by atoms with E-state index in [1.807, 2.05) is 12.1 Å². The maximum atomic E-state index is 13.5. The molecule has 0 heterocycles. The van der Waals surface area contributed by atoms with Gasteiger partial charge in [0.05, 0.1) is 18.0 Å². The maximum Gasteiger partial charge on any atom is 0.306 e. The zero-order chi connectivity index (χ0) is 65.3. The standard InChI is InChI=1S/C39H59N3O17.C20H32N4O4/c1-59-19-3-4-29(43)27(13-17-36(52)53)42-38(56)25(12-16-35(50)51)20-31(45)28(14-18-37(54)55)41-33(47)15-11-26(39(57)58)21-30(44)24-9-7-23(8-10-24)22-40-32(46)5-2-6-34(48)49;1-3-12-22-16-10-8-15(9-11-16)20(27)23-13-6-5-7-17(19(21)26)24-18(25)14-28-4-2/h23-28H,2-22H2,1H3,(H,40,46)(H,41,47)(H,42,56)(H,48,49)(H,50,51)(H,52,53)(H,54,55)(H,57,58);8-11,17,22H,3-7,12-14H2,1-2H3,(H2,21,26)(H,23,27)(H,24,25)/t23?,24?,25-,26-,27+,28+;17-/m10/s1. The second-order valence-corrected chi connectivity index (χ2v) is 21.3. The second-order valence-electron chi connectivity index (χ2n) is 21.3. The third kappa shape index (κ3) is 36.0. The van der Waals surface area contributed by atoms with Crippen molar-refractivity contribution >= 4 is 88.3 Å². The molecule has 0 aromatic heterocycles. The van der Waals surface area contributed by atoms with E-state index in [0.29, 0.717) is 70.2 Å². The van der Waals surface area contributed by atoms with Gasteiger partial charge in [-0.05, 0) is 127 Å². The van der Waals surface area contributed by atoms with Crippen LogP contribution in [0.5, 0.6) is 0 Å². The van der Waals surface area contributed by atoms with Crippen molar-refractivity contribution in [2.45, 2.75) is 180 Å². The van der Waals surface area contributed by atoms with Gasteiger partial charge in [-0.15, -0.1) is 0 Å². The summed E-state index contributed by atoms with van der Waals surface area (Å²) in [6.45, 7) is 6.16. The van der Waals surface area contributed by atoms with Crippen molar-refractivity contribution in [1.29, 1.82) is 0 Å². The van der Waals surface area contributed by atoms with Gasteiger partial charge in [-0.3, -0.25) is 67.1 Å². The Morgan fingerprint density at radius 2 is 1.15 bits per heavy atom. The van der Waals surface area contributed by atoms with Gasteiger partial charge in [0.25, 0.3) is 5.91 Å². The molecule has 6 amide bonds. The number of nitrogens with two attached hydrogens (primary N) is 1. The molecule has 5 atom stereocenters. The van der Waals surface area contributed by atoms with Crippen molar-refractivity contribution in [2.24, 2.45) is 29.4 Å². The van der Waals surface area contributed by atoms with E-state index in [-0.39, 0.29) is 94.0 Å². The number of carboxylic acid groups (broad SMARTS) is 5. The number of carbonyl (C=O) groups is 14. The molecular weight excluding hydrogens is 1140 g/mol. The minimum absolute atomic E-state index is 0.0682. The molecule has 0 saturated heterocycles. The van der Waals surface area contributed by atoms with Crippen molar-refractivity contribution in [3.8, 4) is 0 Å². The summed E-state index contributed by atoms with van der Waals surface area (Å²) in [5.41, 5.74) is 6.91. The van der Waals surface area contributed by atoms with Gasteiger partial charge in [-0.25, -0.2) is 0 Å². The van der Waals surface area contributed by atoms with Crippen LogP contribution in [0.15, 0.2) is 24.3 Å². The Morgan fingerprint density at radius 1 is 0.563 bits per heavy atom. The molecule has 1 aromatic carbocycles. The first-order valence-corrected chi connectivity index (χ1v) is 29.6. The molecule has 28 heteroatoms. The van der Waals surface area contributed by atoms with Crippen LogP contribution in [-0.2, 0) is 71.8 Å². The zero-order valence-electron chi connectivity index (χ0n) is 50.2. The molecule has 0 aliphatic heterocycles. The highest BCUT2D eigenvalue weighted by Crippen LogP contribution is 2.31. The summed E-state index contributed by atoms with van der Waals surface area (Å²) in [5.74, 6) is -13.9. The number of anilines is 1. The largest absolute Gasteiger partial charge is 0.481 e. The number of rotatable bonds is 47. The van der Waals surface area contributed by atoms with Crippen LogP contribution >= 0.6 is 0 Å². The van der Waals surface area contributed by atoms with E-state index < -0.39 is 140 Å². The van der Waals surface area contributed by atoms with Gasteiger partial charge in [0.15, 0.2) is 11.6 Å². The summed E-state index contributed by atoms with van der Waals surface area (Å²) >= 11 is 0. The molecule has 0 bridgehead atoms. The quantitative estimate of drug-likeness (QED) is 0.0417. The molecule has 1 saturated carbocycles. The maximum absolute atomic E-state index is 13.5. The first kappa shape index (κ1) is 77.1. The zero-order valence-corrected chi connectivity index (χ0v) is 50.2. The molecule has 1 aromatic rings. The Bertz CT molecular complexity index is 2410. The van der Waals surface area contributed by atoms with E-state index in [2.05, 4.69) is 38.8 Å². The summed E-state index contributed by atoms with van der Waals surface area (Å²) in [5, 5.41) is 62.5. The van der Waals surface area contributed by atoms with Crippen LogP contribution in [-0.4, -0.2) is 173 Å². The third-order valence-electron chi connectivity index (χ3n) is 14.3. The molecular formula is C59H91N7O21. The number of unbranched alkanes of at least 4 members (excludes halogenated alkanes) is 1. The van der Waals surface area contributed by atoms with Crippen LogP contribution in [0.3, 0.4) is 0 Å². The summed E-state index contributed by atoms with van der Waals surface area (Å²) in [6, 6.07) is 3.85. The van der Waals surface area contributed by atoms with Gasteiger partial charge < -0.3 is 72.6 Å². The molecule has 87 heavy (non-hydrogen) atoms. The minimum Gasteiger partial charge on any atom is -0.481 e. The minimum atomic E-state index is -1.48. The first-order valence-electron chi connectivity index (χ1n) is 29.6. The van der Waals surface area contributed by atoms with Crippen LogP contribution in [0.25, 0.3) is 0 Å². The highest BCUT2D eigenvalue weighted by Gasteiger charge is 2.33. The van der Waals surface area contributed by atoms with Crippen molar-refractivity contribution < 1.29 is 102 Å². The summed E-state index contributed by atoms with van der Waals surface area (Å²) in [6.07, 6.45) is 0.772. The van der Waals surface area contributed by atoms with E-state index in [1.54, 1.807) is 19.1 Å². The van der Waals surface area contributed by atoms with Crippen molar-refractivity contribution in [3.63, 3.8) is 0 Å². The lowest BCUT2D eigenvalue weighted by Gasteiger charge is -2.28. The fourth-order valence-electron chi connectivity index (χ4n) is 9.26. The lowest BCUT2D eigenvalue weighted by Crippen LogP contribution is -2.46. The molecule has 0 spiro atoms. The summed E-state index contributed by atoms with van der Waals surface area (Å²) in [7, 11) is 1.42. The van der Waals surface area contributed by atoms with E-state index in [1.165, 1.54) is 7.11 Å². The number of hydrogen-bond acceptors (Lipinski definition) is 17. The number of methoxy groups -OCH3 is 1. The number of ketones is 3. The van der Waals surface area contributed by atoms with Crippen molar-refractivity contribution in [1.82, 2.24) is 26.6 Å². The van der Waals surface area contributed by atoms with Crippen LogP contribution in [0, 0.1) is 23.7 Å². The van der Waals surface area contributed by atoms with Crippen molar-refractivity contribution in [2.75, 3.05) is 51.9 Å². The van der Waals surface area contributed by atoms with E-state index >= 15 is 0 Å². The number of aliphatic carboxylic acids is 5. The van der Waals surface area contributed by atoms with Gasteiger partial charge >= 0.3 is 29.8 Å². The molecule has 1 fully saturated rings. The lowest BCUT2D eigenvalue weighted by atomic mass is 9.78. The summed E-state index contributed by atoms with van der Waals surface area (Å²) in [4.78, 5) is 170. The number of carbonyl (C=O) groups excluding carboxylic acids is 9. The SMILES string of the molecule is CCCNc1ccc(C(=O)NCCCC[C@H](NC(=O)COCC)C(N)=O)cc1.COCCCC(=O)[C@H](CCC(=O)O)NC(=O)[C@H](CCC(=O)O)CC(=O)[C@H](CCC(=O)O)NC(=O)CC[C@H](CC(=O)C1CCC(CNC(=O)CCCC(=O)O)CC1)C(=O)O. The van der Waals surface area contributed by atoms with Crippen LogP contribution in [0.1, 0.15) is 172 Å². The molecule has 13 N–H and O–H groups in total. The summed E-state index contributed by atoms with van der Waals surface area (Å²) < 4.78 is 9.92. The highest BCUT2D eigenvalue weighted by atomic mass is 16.5. The fraction of sp³-hybridized carbons (Fsp3) is 0.661. The molecule has 0 radical (unpaired) electrons. The molecule has 1 aliphatic rings. The number of amides is 6. The molecule has 2 rings (SSSR count). The Kier molecular flexibility index (Phi) is 39.5. The van der Waals surface area contributed by atoms with E-state index in [0.717, 1.165) is 18.7 Å². The molecule has 28 nitrogen and oxygen atoms in total. The van der Waals surface area contributed by atoms with Crippen molar-refractivity contribution in [3.05, 3.63) is 29.8 Å². The Balaban J connectivity index is 0.00000112. The normalized spacial score (nSPS) is 15.2. The Morgan fingerprint density at radius 3 is 1.71 bits per heavy atom. The van der Waals surface area contributed by atoms with Gasteiger partial charge in [0.2, 0.25) is 29.5 Å². The van der Waals surface area contributed by atoms with Crippen LogP contribution < -0.4 is 37.6 Å². The van der Waals surface area contributed by atoms with Crippen LogP contribution in [0.2, 0.25) is 0 Å². The average Bonchev–Trinajstić information content (AvgIpc) is 3.64. The third-order valence-corrected chi connectivity index (χ3v) is 14.3. The number of carboxylic acids is 5. The number of primary amides is 1. The molecule has 0 unspecified atom stereocenters. The number of benzene rings is 1. The number of nitrogens with one attached hydrogen (secondary N) is 6. The van der Waals surface area contributed by atoms with Gasteiger partial charge in [0.1, 0.15) is 18.4 Å². The van der Waals surface area contributed by atoms with Gasteiger partial charge in [-0.2, -0.15) is 0 Å². The number of ether oxygens (including phenoxy) is 2. The van der Waals surface area contributed by atoms with Gasteiger partial charge in [-0.1, -0.05) is 6.92 Å². The van der Waals surface area contributed by atoms with E-state index in [9.17, 15) is 82.4 Å². The van der Waals surface area contributed by atoms with Crippen LogP contribution in [0.4, 0.5) is 5.69 Å². The lowest BCUT2D eigenvalue weighted by molar-refractivity contribution is -0.145. The topological polar surface area (TPSA) is 457 Å². The smallest absolute Gasteiger partial charge is 0.306 e. The molecule has 488 valence electrons. The number of hydrogen-bond donors (Lipinski definition) is 12. The average molecular weight is 1230 g/mol. The highest BCUT2D eigenvalue weighted by molar-refractivity contribution is 5.96. The fourth-order valence-corrected chi connectivity index (χ4v) is 9.26.